The van der Waals surface area contributed by atoms with Gasteiger partial charge >= 0.3 is 0 Å². The summed E-state index contributed by atoms with van der Waals surface area (Å²) in [5.74, 6) is 0.210. The van der Waals surface area contributed by atoms with E-state index in [4.69, 9.17) is 9.47 Å². The predicted molar refractivity (Wildman–Crippen MR) is 81.5 cm³/mol. The van der Waals surface area contributed by atoms with Gasteiger partial charge in [-0.1, -0.05) is 18.2 Å². The molecule has 1 aliphatic heterocycles. The van der Waals surface area contributed by atoms with Crippen LogP contribution in [0, 0.1) is 0 Å². The van der Waals surface area contributed by atoms with Gasteiger partial charge in [0, 0.05) is 13.1 Å². The van der Waals surface area contributed by atoms with Crippen LogP contribution < -0.4 is 10.1 Å². The van der Waals surface area contributed by atoms with Gasteiger partial charge < -0.3 is 19.7 Å². The van der Waals surface area contributed by atoms with Gasteiger partial charge in [-0.2, -0.15) is 0 Å². The van der Waals surface area contributed by atoms with Crippen LogP contribution in [0.1, 0.15) is 13.8 Å². The van der Waals surface area contributed by atoms with E-state index in [1.54, 1.807) is 17.0 Å². The molecule has 2 atom stereocenters. The van der Waals surface area contributed by atoms with Gasteiger partial charge in [0.05, 0.1) is 18.8 Å². The summed E-state index contributed by atoms with van der Waals surface area (Å²) < 4.78 is 10.9. The summed E-state index contributed by atoms with van der Waals surface area (Å²) >= 11 is 0. The van der Waals surface area contributed by atoms with E-state index in [2.05, 4.69) is 5.32 Å². The average Bonchev–Trinajstić information content (AvgIpc) is 2.50. The molecule has 2 rings (SSSR count). The molecule has 2 amide bonds. The smallest absolute Gasteiger partial charge is 0.258 e. The quantitative estimate of drug-likeness (QED) is 0.874. The summed E-state index contributed by atoms with van der Waals surface area (Å²) in [6.07, 6.45) is 0.0367. The Labute approximate surface area is 130 Å². The van der Waals surface area contributed by atoms with E-state index in [0.29, 0.717) is 18.8 Å². The van der Waals surface area contributed by atoms with Gasteiger partial charge in [-0.15, -0.1) is 0 Å². The Balaban J connectivity index is 1.70. The molecule has 6 nitrogen and oxygen atoms in total. The van der Waals surface area contributed by atoms with Crippen molar-refractivity contribution in [1.82, 2.24) is 10.2 Å². The van der Waals surface area contributed by atoms with Crippen molar-refractivity contribution in [2.45, 2.75) is 26.1 Å². The molecule has 1 aromatic rings. The summed E-state index contributed by atoms with van der Waals surface area (Å²) in [4.78, 5) is 25.5. The highest BCUT2D eigenvalue weighted by atomic mass is 16.5. The number of nitrogens with one attached hydrogen (secondary N) is 1. The summed E-state index contributed by atoms with van der Waals surface area (Å²) in [5.41, 5.74) is 0. The minimum absolute atomic E-state index is 0.0174. The molecular formula is C16H22N2O4. The Kier molecular flexibility index (Phi) is 5.77. The van der Waals surface area contributed by atoms with Gasteiger partial charge in [-0.25, -0.2) is 0 Å². The first-order valence-corrected chi connectivity index (χ1v) is 7.42. The van der Waals surface area contributed by atoms with Gasteiger partial charge in [-0.3, -0.25) is 9.59 Å². The van der Waals surface area contributed by atoms with E-state index in [1.807, 2.05) is 32.0 Å². The lowest BCUT2D eigenvalue weighted by Crippen LogP contribution is -2.51. The molecule has 1 fully saturated rings. The Hall–Kier alpha value is -2.08. The molecule has 1 heterocycles. The Bertz CT molecular complexity index is 496. The van der Waals surface area contributed by atoms with Gasteiger partial charge in [-0.05, 0) is 26.0 Å². The van der Waals surface area contributed by atoms with Gasteiger partial charge in [0.25, 0.3) is 5.91 Å². The summed E-state index contributed by atoms with van der Waals surface area (Å²) in [6, 6.07) is 9.08. The van der Waals surface area contributed by atoms with E-state index in [9.17, 15) is 9.59 Å². The molecule has 0 spiro atoms. The Morgan fingerprint density at radius 1 is 1.23 bits per heavy atom. The number of carbonyl (C=O) groups excluding carboxylic acids is 2. The average molecular weight is 306 g/mol. The molecule has 0 bridgehead atoms. The Morgan fingerprint density at radius 3 is 2.50 bits per heavy atom. The van der Waals surface area contributed by atoms with Crippen molar-refractivity contribution in [3.05, 3.63) is 30.3 Å². The molecule has 0 radical (unpaired) electrons. The van der Waals surface area contributed by atoms with Crippen molar-refractivity contribution in [3.63, 3.8) is 0 Å². The molecule has 6 heteroatoms. The van der Waals surface area contributed by atoms with Crippen LogP contribution in [-0.4, -0.2) is 55.2 Å². The van der Waals surface area contributed by atoms with Crippen LogP contribution in [0.15, 0.2) is 30.3 Å². The second kappa shape index (κ2) is 7.79. The largest absolute Gasteiger partial charge is 0.484 e. The lowest BCUT2D eigenvalue weighted by Gasteiger charge is -2.35. The van der Waals surface area contributed by atoms with Crippen LogP contribution in [0.5, 0.6) is 5.75 Å². The molecular weight excluding hydrogens is 284 g/mol. The highest BCUT2D eigenvalue weighted by Gasteiger charge is 2.25. The molecule has 22 heavy (non-hydrogen) atoms. The fraction of sp³-hybridized carbons (Fsp3) is 0.500. The van der Waals surface area contributed by atoms with E-state index in [1.165, 1.54) is 0 Å². The second-order valence-electron chi connectivity index (χ2n) is 5.43. The fourth-order valence-electron chi connectivity index (χ4n) is 2.38. The number of benzene rings is 1. The molecule has 0 saturated carbocycles. The van der Waals surface area contributed by atoms with Crippen LogP contribution in [0.3, 0.4) is 0 Å². The summed E-state index contributed by atoms with van der Waals surface area (Å²) in [6.45, 7) is 4.85. The number of para-hydroxylation sites is 1. The number of carbonyl (C=O) groups is 2. The van der Waals surface area contributed by atoms with Crippen molar-refractivity contribution in [3.8, 4) is 5.75 Å². The molecule has 1 N–H and O–H groups in total. The van der Waals surface area contributed by atoms with Crippen LogP contribution >= 0.6 is 0 Å². The number of rotatable bonds is 5. The number of amides is 2. The lowest BCUT2D eigenvalue weighted by molar-refractivity contribution is -0.143. The topological polar surface area (TPSA) is 67.9 Å². The fourth-order valence-corrected chi connectivity index (χ4v) is 2.38. The molecule has 0 unspecified atom stereocenters. The van der Waals surface area contributed by atoms with Crippen LogP contribution in [-0.2, 0) is 14.3 Å². The highest BCUT2D eigenvalue weighted by molar-refractivity contribution is 5.85. The maximum absolute atomic E-state index is 12.1. The summed E-state index contributed by atoms with van der Waals surface area (Å²) in [5, 5.41) is 2.58. The van der Waals surface area contributed by atoms with Crippen LogP contribution in [0.2, 0.25) is 0 Å². The van der Waals surface area contributed by atoms with Crippen molar-refractivity contribution in [2.75, 3.05) is 26.2 Å². The van der Waals surface area contributed by atoms with Gasteiger partial charge in [0.2, 0.25) is 5.91 Å². The first-order valence-electron chi connectivity index (χ1n) is 7.42. The van der Waals surface area contributed by atoms with Gasteiger partial charge in [0.1, 0.15) is 5.75 Å². The van der Waals surface area contributed by atoms with Gasteiger partial charge in [0.15, 0.2) is 6.61 Å². The first kappa shape index (κ1) is 16.3. The van der Waals surface area contributed by atoms with E-state index in [0.717, 1.165) is 0 Å². The van der Waals surface area contributed by atoms with Crippen molar-refractivity contribution >= 4 is 11.8 Å². The third kappa shape index (κ3) is 5.04. The molecule has 120 valence electrons. The molecule has 1 aromatic carbocycles. The van der Waals surface area contributed by atoms with Crippen LogP contribution in [0.4, 0.5) is 0 Å². The van der Waals surface area contributed by atoms with Crippen molar-refractivity contribution in [1.29, 1.82) is 0 Å². The number of hydrogen-bond donors (Lipinski definition) is 1. The molecule has 0 aromatic heterocycles. The minimum Gasteiger partial charge on any atom is -0.484 e. The lowest BCUT2D eigenvalue weighted by atomic mass is 10.2. The number of morpholine rings is 1. The monoisotopic (exact) mass is 306 g/mol. The van der Waals surface area contributed by atoms with E-state index >= 15 is 0 Å². The zero-order valence-corrected chi connectivity index (χ0v) is 13.0. The second-order valence-corrected chi connectivity index (χ2v) is 5.43. The Morgan fingerprint density at radius 2 is 1.86 bits per heavy atom. The maximum Gasteiger partial charge on any atom is 0.258 e. The zero-order valence-electron chi connectivity index (χ0n) is 13.0. The summed E-state index contributed by atoms with van der Waals surface area (Å²) in [7, 11) is 0. The molecule has 1 saturated heterocycles. The third-order valence-electron chi connectivity index (χ3n) is 3.32. The SMILES string of the molecule is C[C@@H]1CN(C(=O)CNC(=O)COc2ccccc2)C[C@@H](C)O1. The number of ether oxygens (including phenoxy) is 2. The minimum atomic E-state index is -0.313. The number of hydrogen-bond acceptors (Lipinski definition) is 4. The maximum atomic E-state index is 12.1. The van der Waals surface area contributed by atoms with E-state index < -0.39 is 0 Å². The zero-order chi connectivity index (χ0) is 15.9. The van der Waals surface area contributed by atoms with E-state index in [-0.39, 0.29) is 37.2 Å². The first-order chi connectivity index (χ1) is 10.5. The number of nitrogens with zero attached hydrogens (tertiary/aromatic N) is 1. The van der Waals surface area contributed by atoms with Crippen molar-refractivity contribution < 1.29 is 19.1 Å². The normalized spacial score (nSPS) is 21.3. The predicted octanol–water partition coefficient (Wildman–Crippen LogP) is 0.817. The standard InChI is InChI=1S/C16H22N2O4/c1-12-9-18(10-13(2)22-12)16(20)8-17-15(19)11-21-14-6-4-3-5-7-14/h3-7,12-13H,8-11H2,1-2H3,(H,17,19)/t12-,13-/m1/s1. The van der Waals surface area contributed by atoms with Crippen LogP contribution in [0.25, 0.3) is 0 Å². The highest BCUT2D eigenvalue weighted by Crippen LogP contribution is 2.10. The molecule has 0 aliphatic carbocycles. The van der Waals surface area contributed by atoms with Crippen molar-refractivity contribution in [2.24, 2.45) is 0 Å². The molecule has 1 aliphatic rings. The third-order valence-corrected chi connectivity index (χ3v) is 3.32.